The molecule has 0 aliphatic carbocycles. The molecule has 0 atom stereocenters. The van der Waals surface area contributed by atoms with Gasteiger partial charge in [-0.2, -0.15) is 0 Å². The molecule has 0 fully saturated rings. The van der Waals surface area contributed by atoms with Crippen LogP contribution in [-0.4, -0.2) is 23.8 Å². The third-order valence-electron chi connectivity index (χ3n) is 1.42. The van der Waals surface area contributed by atoms with E-state index in [0.29, 0.717) is 0 Å². The molecule has 0 aliphatic heterocycles. The molecule has 1 aromatic carbocycles. The van der Waals surface area contributed by atoms with Gasteiger partial charge in [-0.3, -0.25) is 10.1 Å². The van der Waals surface area contributed by atoms with Crippen molar-refractivity contribution >= 4 is 15.8 Å². The molecule has 0 heterocycles. The van der Waals surface area contributed by atoms with Gasteiger partial charge in [0.1, 0.15) is 15.9 Å². The average Bonchev–Trinajstić information content (AvgIpc) is 2.14. The van der Waals surface area contributed by atoms with Crippen LogP contribution in [0.5, 0.6) is 5.75 Å². The van der Waals surface area contributed by atoms with Crippen molar-refractivity contribution in [3.63, 3.8) is 0 Å². The molecule has 0 amide bonds. The van der Waals surface area contributed by atoms with Gasteiger partial charge in [0.15, 0.2) is 5.94 Å². The first-order chi connectivity index (χ1) is 6.88. The maximum absolute atomic E-state index is 10.2. The van der Waals surface area contributed by atoms with Crippen molar-refractivity contribution in [3.05, 3.63) is 34.4 Å². The maximum Gasteiger partial charge on any atom is 1.00 e. The van der Waals surface area contributed by atoms with Crippen LogP contribution in [0.15, 0.2) is 24.3 Å². The zero-order valence-electron chi connectivity index (χ0n) is 8.32. The number of ether oxygens (including phenoxy) is 1. The summed E-state index contributed by atoms with van der Waals surface area (Å²) in [6.07, 6.45) is 0. The largest absolute Gasteiger partial charge is 1.00 e. The van der Waals surface area contributed by atoms with Crippen LogP contribution in [0, 0.1) is 10.1 Å². The first-order valence-electron chi connectivity index (χ1n) is 3.69. The van der Waals surface area contributed by atoms with Crippen LogP contribution < -0.4 is 34.3 Å². The van der Waals surface area contributed by atoms with E-state index < -0.39 is 21.0 Å². The Kier molecular flexibility index (Phi) is 5.90. The Balaban J connectivity index is 0.00000225. The number of hydrogen-bond donors (Lipinski definition) is 0. The molecule has 82 valence electrons. The number of non-ortho nitro benzene ring substituents is 1. The van der Waals surface area contributed by atoms with Crippen molar-refractivity contribution in [2.45, 2.75) is 0 Å². The number of nitro groups is 1. The predicted octanol–water partition coefficient (Wildman–Crippen LogP) is -2.52. The minimum absolute atomic E-state index is 0. The first-order valence-corrected chi connectivity index (χ1v) is 5.27. The Bertz CT molecular complexity index is 456. The van der Waals surface area contributed by atoms with Gasteiger partial charge in [-0.1, -0.05) is 0 Å². The molecule has 0 bridgehead atoms. The fraction of sp³-hybridized carbons (Fsp3) is 0.143. The van der Waals surface area contributed by atoms with E-state index >= 15 is 0 Å². The quantitative estimate of drug-likeness (QED) is 0.254. The minimum Gasteiger partial charge on any atom is -0.745 e. The van der Waals surface area contributed by atoms with Crippen molar-refractivity contribution in [3.8, 4) is 5.75 Å². The summed E-state index contributed by atoms with van der Waals surface area (Å²) in [6.45, 7) is 0. The standard InChI is InChI=1S/C7H7NO6S.Na/c9-8(10)6-1-3-7(4-2-6)14-5-15(11,12)13;/h1-4H,5H2,(H,11,12,13);/q;+1/p-1. The molecule has 1 aromatic rings. The normalized spacial score (nSPS) is 10.3. The average molecular weight is 255 g/mol. The van der Waals surface area contributed by atoms with E-state index in [-0.39, 0.29) is 41.0 Å². The minimum atomic E-state index is -4.45. The van der Waals surface area contributed by atoms with Gasteiger partial charge in [0.2, 0.25) is 0 Å². The second-order valence-corrected chi connectivity index (χ2v) is 3.92. The number of hydrogen-bond acceptors (Lipinski definition) is 6. The fourth-order valence-electron chi connectivity index (χ4n) is 0.804. The van der Waals surface area contributed by atoms with Gasteiger partial charge < -0.3 is 9.29 Å². The van der Waals surface area contributed by atoms with Crippen LogP contribution >= 0.6 is 0 Å². The zero-order valence-corrected chi connectivity index (χ0v) is 11.1. The molecular formula is C7H6NNaO6S. The van der Waals surface area contributed by atoms with Crippen molar-refractivity contribution in [1.29, 1.82) is 0 Å². The molecule has 0 aliphatic rings. The van der Waals surface area contributed by atoms with E-state index in [0.717, 1.165) is 12.1 Å². The summed E-state index contributed by atoms with van der Waals surface area (Å²) < 4.78 is 35.2. The molecule has 0 saturated carbocycles. The second kappa shape index (κ2) is 6.16. The molecule has 0 N–H and O–H groups in total. The number of rotatable bonds is 4. The second-order valence-electron chi connectivity index (χ2n) is 2.57. The van der Waals surface area contributed by atoms with Crippen LogP contribution in [0.2, 0.25) is 0 Å². The molecule has 0 unspecified atom stereocenters. The van der Waals surface area contributed by atoms with Crippen molar-refractivity contribution in [1.82, 2.24) is 0 Å². The van der Waals surface area contributed by atoms with E-state index in [1.807, 2.05) is 0 Å². The molecule has 0 spiro atoms. The van der Waals surface area contributed by atoms with Crippen molar-refractivity contribution in [2.75, 3.05) is 5.94 Å². The van der Waals surface area contributed by atoms with Gasteiger partial charge in [-0.15, -0.1) is 0 Å². The first kappa shape index (κ1) is 15.3. The van der Waals surface area contributed by atoms with Crippen LogP contribution in [0.4, 0.5) is 5.69 Å². The van der Waals surface area contributed by atoms with E-state index in [9.17, 15) is 23.1 Å². The topological polar surface area (TPSA) is 110 Å². The zero-order chi connectivity index (χ0) is 11.5. The summed E-state index contributed by atoms with van der Waals surface area (Å²) in [5.74, 6) is -0.912. The molecule has 9 heteroatoms. The monoisotopic (exact) mass is 255 g/mol. The van der Waals surface area contributed by atoms with Crippen molar-refractivity contribution < 1.29 is 52.2 Å². The number of nitrogens with zero attached hydrogens (tertiary/aromatic N) is 1. The summed E-state index contributed by atoms with van der Waals surface area (Å²) in [5, 5.41) is 10.2. The summed E-state index contributed by atoms with van der Waals surface area (Å²) in [5.41, 5.74) is -0.146. The van der Waals surface area contributed by atoms with E-state index in [4.69, 9.17) is 0 Å². The molecule has 7 nitrogen and oxygen atoms in total. The Hall–Kier alpha value is -0.670. The molecular weight excluding hydrogens is 249 g/mol. The summed E-state index contributed by atoms with van der Waals surface area (Å²) in [6, 6.07) is 4.71. The van der Waals surface area contributed by atoms with Crippen LogP contribution in [0.1, 0.15) is 0 Å². The smallest absolute Gasteiger partial charge is 0.745 e. The predicted molar refractivity (Wildman–Crippen MR) is 48.3 cm³/mol. The van der Waals surface area contributed by atoms with Gasteiger partial charge in [-0.25, -0.2) is 8.42 Å². The van der Waals surface area contributed by atoms with Crippen molar-refractivity contribution in [2.24, 2.45) is 0 Å². The molecule has 16 heavy (non-hydrogen) atoms. The SMILES string of the molecule is O=[N+]([O-])c1ccc(OCS(=O)(=O)[O-])cc1.[Na+]. The molecule has 0 radical (unpaired) electrons. The van der Waals surface area contributed by atoms with Crippen LogP contribution in [0.3, 0.4) is 0 Å². The molecule has 0 aromatic heterocycles. The van der Waals surface area contributed by atoms with E-state index in [1.54, 1.807) is 0 Å². The van der Waals surface area contributed by atoms with Gasteiger partial charge in [0, 0.05) is 12.1 Å². The Labute approximate surface area is 114 Å². The van der Waals surface area contributed by atoms with Crippen LogP contribution in [0.25, 0.3) is 0 Å². The maximum atomic E-state index is 10.2. The third kappa shape index (κ3) is 5.42. The van der Waals surface area contributed by atoms with Gasteiger partial charge >= 0.3 is 29.6 Å². The third-order valence-corrected chi connectivity index (χ3v) is 1.82. The Morgan fingerprint density at radius 2 is 1.75 bits per heavy atom. The molecule has 0 saturated heterocycles. The number of benzene rings is 1. The van der Waals surface area contributed by atoms with Crippen LogP contribution in [-0.2, 0) is 10.1 Å². The Morgan fingerprint density at radius 3 is 2.12 bits per heavy atom. The summed E-state index contributed by atoms with van der Waals surface area (Å²) in [7, 11) is -4.45. The van der Waals surface area contributed by atoms with Gasteiger partial charge in [0.05, 0.1) is 4.92 Å². The number of nitro benzene ring substituents is 1. The Morgan fingerprint density at radius 1 is 1.25 bits per heavy atom. The summed E-state index contributed by atoms with van der Waals surface area (Å²) >= 11 is 0. The van der Waals surface area contributed by atoms with E-state index in [1.165, 1.54) is 12.1 Å². The van der Waals surface area contributed by atoms with E-state index in [2.05, 4.69) is 4.74 Å². The summed E-state index contributed by atoms with van der Waals surface area (Å²) in [4.78, 5) is 9.65. The van der Waals surface area contributed by atoms with Gasteiger partial charge in [-0.05, 0) is 12.1 Å². The van der Waals surface area contributed by atoms with Gasteiger partial charge in [0.25, 0.3) is 5.69 Å². The molecule has 1 rings (SSSR count). The fourth-order valence-corrected chi connectivity index (χ4v) is 1.08.